The second-order valence-corrected chi connectivity index (χ2v) is 9.62. The highest BCUT2D eigenvalue weighted by Gasteiger charge is 2.41. The summed E-state index contributed by atoms with van der Waals surface area (Å²) >= 11 is 0. The maximum atomic E-state index is 14.6. The van der Waals surface area contributed by atoms with Crippen molar-refractivity contribution in [3.8, 4) is 11.5 Å². The van der Waals surface area contributed by atoms with Gasteiger partial charge in [-0.1, -0.05) is 44.8 Å². The lowest BCUT2D eigenvalue weighted by Gasteiger charge is -2.29. The summed E-state index contributed by atoms with van der Waals surface area (Å²) in [6.07, 6.45) is 1.21. The molecule has 42 heavy (non-hydrogen) atoms. The highest BCUT2D eigenvalue weighted by atomic mass is 19.3. The first-order chi connectivity index (χ1) is 19.9. The van der Waals surface area contributed by atoms with E-state index in [2.05, 4.69) is 16.4 Å². The van der Waals surface area contributed by atoms with Crippen molar-refractivity contribution in [3.63, 3.8) is 0 Å². The van der Waals surface area contributed by atoms with E-state index in [1.807, 2.05) is 0 Å². The van der Waals surface area contributed by atoms with E-state index in [-0.39, 0.29) is 17.7 Å². The van der Waals surface area contributed by atoms with Crippen LogP contribution in [0.4, 0.5) is 39.5 Å². The molecule has 0 N–H and O–H groups in total. The molecule has 0 saturated carbocycles. The summed E-state index contributed by atoms with van der Waals surface area (Å²) in [5.41, 5.74) is -1.93. The van der Waals surface area contributed by atoms with Gasteiger partial charge in [-0.2, -0.15) is 22.0 Å². The highest BCUT2D eigenvalue weighted by molar-refractivity contribution is 5.51. The lowest BCUT2D eigenvalue weighted by atomic mass is 10.0. The van der Waals surface area contributed by atoms with Crippen LogP contribution in [-0.2, 0) is 15.6 Å². The van der Waals surface area contributed by atoms with Gasteiger partial charge in [0.25, 0.3) is 0 Å². The Morgan fingerprint density at radius 3 is 2.07 bits per heavy atom. The molecule has 3 rings (SSSR count). The molecule has 1 aliphatic rings. The predicted molar refractivity (Wildman–Crippen MR) is 134 cm³/mol. The van der Waals surface area contributed by atoms with Crippen LogP contribution in [0.25, 0.3) is 6.08 Å². The molecule has 0 amide bonds. The number of unbranched alkanes of at least 4 members (excludes halogenated alkanes) is 3. The third-order valence-electron chi connectivity index (χ3n) is 6.29. The number of hydrogen-bond donors (Lipinski definition) is 0. The molecule has 0 spiro atoms. The van der Waals surface area contributed by atoms with Gasteiger partial charge < -0.3 is 18.9 Å². The van der Waals surface area contributed by atoms with Crippen LogP contribution in [0.1, 0.15) is 63.0 Å². The molecule has 4 nitrogen and oxygen atoms in total. The van der Waals surface area contributed by atoms with Crippen LogP contribution >= 0.6 is 0 Å². The Morgan fingerprint density at radius 2 is 1.50 bits per heavy atom. The molecule has 0 radical (unpaired) electrons. The summed E-state index contributed by atoms with van der Waals surface area (Å²) in [5, 5.41) is 0. The van der Waals surface area contributed by atoms with Gasteiger partial charge in [0, 0.05) is 24.5 Å². The van der Waals surface area contributed by atoms with Crippen molar-refractivity contribution < 1.29 is 58.5 Å². The van der Waals surface area contributed by atoms with Gasteiger partial charge in [-0.15, -0.1) is 0 Å². The van der Waals surface area contributed by atoms with Gasteiger partial charge in [0.2, 0.25) is 5.75 Å². The largest absolute Gasteiger partial charge is 0.432 e. The zero-order chi connectivity index (χ0) is 30.9. The first kappa shape index (κ1) is 33.3. The molecule has 1 saturated heterocycles. The van der Waals surface area contributed by atoms with Crippen molar-refractivity contribution in [3.05, 3.63) is 76.8 Å². The molecule has 1 aliphatic heterocycles. The minimum Gasteiger partial charge on any atom is -0.429 e. The Hall–Kier alpha value is -3.19. The molecule has 0 unspecified atom stereocenters. The fourth-order valence-electron chi connectivity index (χ4n) is 4.22. The summed E-state index contributed by atoms with van der Waals surface area (Å²) in [4.78, 5) is 0. The monoisotopic (exact) mass is 612 g/mol. The van der Waals surface area contributed by atoms with Crippen molar-refractivity contribution in [1.82, 2.24) is 0 Å². The second kappa shape index (κ2) is 15.3. The molecule has 2 aromatic carbocycles. The van der Waals surface area contributed by atoms with Gasteiger partial charge >= 0.3 is 18.2 Å². The molecule has 232 valence electrons. The van der Waals surface area contributed by atoms with Gasteiger partial charge in [-0.25, -0.2) is 17.6 Å². The van der Waals surface area contributed by atoms with E-state index in [1.165, 1.54) is 18.9 Å². The average molecular weight is 613 g/mol. The molecule has 1 fully saturated rings. The molecule has 13 heteroatoms. The van der Waals surface area contributed by atoms with Gasteiger partial charge in [0.1, 0.15) is 22.9 Å². The van der Waals surface area contributed by atoms with Crippen LogP contribution in [0.15, 0.2) is 42.4 Å². The second-order valence-electron chi connectivity index (χ2n) is 9.62. The van der Waals surface area contributed by atoms with Crippen molar-refractivity contribution in [1.29, 1.82) is 0 Å². The number of halogens is 9. The van der Waals surface area contributed by atoms with Gasteiger partial charge in [-0.05, 0) is 30.5 Å². The fourth-order valence-corrected chi connectivity index (χ4v) is 4.22. The van der Waals surface area contributed by atoms with Crippen LogP contribution in [-0.4, -0.2) is 19.5 Å². The number of hydrogen-bond acceptors (Lipinski definition) is 4. The zero-order valence-electron chi connectivity index (χ0n) is 22.5. The highest BCUT2D eigenvalue weighted by Crippen LogP contribution is 2.38. The third-order valence-corrected chi connectivity index (χ3v) is 6.29. The number of allylic oxidation sites excluding steroid dienone is 1. The van der Waals surface area contributed by atoms with Crippen molar-refractivity contribution in [2.75, 3.05) is 13.2 Å². The first-order valence-electron chi connectivity index (χ1n) is 13.2. The maximum absolute atomic E-state index is 14.6. The first-order valence-corrected chi connectivity index (χ1v) is 13.2. The third kappa shape index (κ3) is 9.41. The van der Waals surface area contributed by atoms with Crippen LogP contribution in [0.5, 0.6) is 11.5 Å². The number of rotatable bonds is 14. The zero-order valence-corrected chi connectivity index (χ0v) is 22.5. The number of ether oxygens (including phenoxy) is 4. The van der Waals surface area contributed by atoms with Crippen LogP contribution in [0.2, 0.25) is 0 Å². The fraction of sp³-hybridized carbons (Fsp3) is 0.448. The summed E-state index contributed by atoms with van der Waals surface area (Å²) in [6, 6.07) is -1.32. The summed E-state index contributed by atoms with van der Waals surface area (Å²) in [5.74, 6) is -9.84. The molecule has 2 aromatic rings. The van der Waals surface area contributed by atoms with E-state index in [0.717, 1.165) is 19.3 Å². The summed E-state index contributed by atoms with van der Waals surface area (Å²) in [6.45, 7) is 3.31. The molecule has 0 atom stereocenters. The van der Waals surface area contributed by atoms with Gasteiger partial charge in [0.15, 0.2) is 17.9 Å². The van der Waals surface area contributed by atoms with Crippen LogP contribution in [0, 0.1) is 29.2 Å². The quantitative estimate of drug-likeness (QED) is 0.121. The van der Waals surface area contributed by atoms with Gasteiger partial charge in [-0.3, -0.25) is 0 Å². The molecule has 1 heterocycles. The predicted octanol–water partition coefficient (Wildman–Crippen LogP) is 9.54. The Kier molecular flexibility index (Phi) is 12.2. The Balaban J connectivity index is 1.58. The SMILES string of the molecule is CCCCCCC1COC(CC/C=C/c2cc(F)c(C(F)(F)Oc3cc(F)c(OC(F)=C(F)F)c(F)c3)c(F)c2)OC1. The van der Waals surface area contributed by atoms with Crippen LogP contribution in [0.3, 0.4) is 0 Å². The summed E-state index contributed by atoms with van der Waals surface area (Å²) < 4.78 is 143. The summed E-state index contributed by atoms with van der Waals surface area (Å²) in [7, 11) is 0. The minimum absolute atomic E-state index is 0.0379. The van der Waals surface area contributed by atoms with Crippen molar-refractivity contribution in [2.24, 2.45) is 5.92 Å². The van der Waals surface area contributed by atoms with E-state index in [0.29, 0.717) is 44.1 Å². The van der Waals surface area contributed by atoms with E-state index in [4.69, 9.17) is 9.47 Å². The Bertz CT molecular complexity index is 1210. The van der Waals surface area contributed by atoms with Crippen molar-refractivity contribution in [2.45, 2.75) is 64.3 Å². The number of alkyl halides is 2. The van der Waals surface area contributed by atoms with Gasteiger partial charge in [0.05, 0.1) is 13.2 Å². The van der Waals surface area contributed by atoms with Crippen molar-refractivity contribution >= 4 is 6.08 Å². The molecular formula is C29H29F9O4. The van der Waals surface area contributed by atoms with E-state index < -0.39 is 64.8 Å². The average Bonchev–Trinajstić information content (AvgIpc) is 2.91. The molecular weight excluding hydrogens is 583 g/mol. The maximum Gasteiger partial charge on any atom is 0.432 e. The number of benzene rings is 2. The molecule has 0 aromatic heterocycles. The Morgan fingerprint density at radius 1 is 0.881 bits per heavy atom. The van der Waals surface area contributed by atoms with E-state index in [9.17, 15) is 39.5 Å². The lowest BCUT2D eigenvalue weighted by Crippen LogP contribution is -2.31. The van der Waals surface area contributed by atoms with E-state index in [1.54, 1.807) is 6.08 Å². The molecule has 0 aliphatic carbocycles. The normalized spacial score (nSPS) is 17.5. The van der Waals surface area contributed by atoms with Crippen LogP contribution < -0.4 is 9.47 Å². The molecule has 0 bridgehead atoms. The van der Waals surface area contributed by atoms with E-state index >= 15 is 0 Å². The minimum atomic E-state index is -4.77. The topological polar surface area (TPSA) is 36.9 Å². The standard InChI is InChI=1S/C29H29F9O4/c1-2-3-4-5-9-18-15-39-24(40-16-18)10-7-6-8-17-11-20(30)25(21(31)12-17)29(37,38)42-19-13-22(32)26(23(33)14-19)41-28(36)27(34)35/h6,8,11-14,18,24H,2-5,7,9-10,15-16H2,1H3/b8-6+. The Labute approximate surface area is 236 Å². The smallest absolute Gasteiger partial charge is 0.429 e. The lowest BCUT2D eigenvalue weighted by molar-refractivity contribution is -0.203.